The van der Waals surface area contributed by atoms with Crippen LogP contribution in [-0.2, 0) is 14.8 Å². The summed E-state index contributed by atoms with van der Waals surface area (Å²) in [6.07, 6.45) is 1.02. The monoisotopic (exact) mass is 354 g/mol. The fraction of sp³-hybridized carbons (Fsp3) is 0.588. The van der Waals surface area contributed by atoms with E-state index in [0.29, 0.717) is 37.0 Å². The van der Waals surface area contributed by atoms with Crippen LogP contribution in [0.4, 0.5) is 0 Å². The maximum Gasteiger partial charge on any atom is 0.275 e. The van der Waals surface area contributed by atoms with E-state index >= 15 is 0 Å². The fourth-order valence-corrected chi connectivity index (χ4v) is 4.44. The van der Waals surface area contributed by atoms with Gasteiger partial charge in [-0.3, -0.25) is 4.79 Å². The Morgan fingerprint density at radius 1 is 1.21 bits per heavy atom. The molecular weight excluding hydrogens is 326 g/mol. The van der Waals surface area contributed by atoms with Gasteiger partial charge in [-0.1, -0.05) is 26.0 Å². The zero-order valence-electron chi connectivity index (χ0n) is 14.7. The van der Waals surface area contributed by atoms with E-state index in [-0.39, 0.29) is 11.9 Å². The number of piperazine rings is 1. The van der Waals surface area contributed by atoms with Crippen LogP contribution in [0.3, 0.4) is 0 Å². The van der Waals surface area contributed by atoms with E-state index in [2.05, 4.69) is 13.8 Å². The number of primary amides is 1. The molecule has 134 valence electrons. The minimum absolute atomic E-state index is 0.287. The van der Waals surface area contributed by atoms with Crippen molar-refractivity contribution in [1.29, 1.82) is 0 Å². The molecule has 6 nitrogen and oxygen atoms in total. The van der Waals surface area contributed by atoms with Gasteiger partial charge in [0.05, 0.1) is 31.1 Å². The van der Waals surface area contributed by atoms with Crippen LogP contribution in [0.1, 0.15) is 38.7 Å². The van der Waals surface area contributed by atoms with Gasteiger partial charge in [0.25, 0.3) is 5.91 Å². The Balaban J connectivity index is 2.08. The maximum atomic E-state index is 12.8. The third-order valence-corrected chi connectivity index (χ3v) is 7.02. The summed E-state index contributed by atoms with van der Waals surface area (Å²) in [5.74, 6) is 0.0751. The molecule has 1 aliphatic heterocycles. The third-order valence-electron chi connectivity index (χ3n) is 5.10. The van der Waals surface area contributed by atoms with E-state index in [1.165, 1.54) is 4.31 Å². The Kier molecular flexibility index (Phi) is 6.01. The van der Waals surface area contributed by atoms with Crippen molar-refractivity contribution >= 4 is 15.9 Å². The highest BCUT2D eigenvalue weighted by Gasteiger charge is 2.33. The van der Waals surface area contributed by atoms with Crippen molar-refractivity contribution in [3.63, 3.8) is 0 Å². The first-order valence-corrected chi connectivity index (χ1v) is 9.95. The molecule has 0 bridgehead atoms. The number of carbonyl (C=O) groups is 1. The number of quaternary nitrogens is 1. The number of nitrogens with two attached hydrogens (primary N) is 1. The summed E-state index contributed by atoms with van der Waals surface area (Å²) in [4.78, 5) is 12.7. The number of sulfonamides is 1. The lowest BCUT2D eigenvalue weighted by atomic mass is 9.99. The third kappa shape index (κ3) is 3.96. The lowest BCUT2D eigenvalue weighted by Crippen LogP contribution is -3.19. The largest absolute Gasteiger partial charge is 0.365 e. The van der Waals surface area contributed by atoms with Gasteiger partial charge in [0.1, 0.15) is 0 Å². The summed E-state index contributed by atoms with van der Waals surface area (Å²) in [5.41, 5.74) is 6.49. The molecule has 1 amide bonds. The molecule has 0 aromatic heterocycles. The van der Waals surface area contributed by atoms with Gasteiger partial charge in [0.2, 0.25) is 10.0 Å². The Labute approximate surface area is 144 Å². The average Bonchev–Trinajstić information content (AvgIpc) is 2.60. The SMILES string of the molecule is CC[C@H](C)c1ccc(S(=O)(=O)N2CC[NH+]([C@H](C)C(N)=O)CC2)cc1. The lowest BCUT2D eigenvalue weighted by Gasteiger charge is -2.33. The molecule has 7 heteroatoms. The molecule has 1 aromatic carbocycles. The Bertz CT molecular complexity index is 665. The van der Waals surface area contributed by atoms with Gasteiger partial charge < -0.3 is 10.6 Å². The lowest BCUT2D eigenvalue weighted by molar-refractivity contribution is -0.917. The Morgan fingerprint density at radius 3 is 2.21 bits per heavy atom. The second-order valence-corrected chi connectivity index (χ2v) is 8.50. The Morgan fingerprint density at radius 2 is 1.75 bits per heavy atom. The minimum Gasteiger partial charge on any atom is -0.365 e. The summed E-state index contributed by atoms with van der Waals surface area (Å²) in [5, 5.41) is 0. The standard InChI is InChI=1S/C17H27N3O3S/c1-4-13(2)15-5-7-16(8-6-15)24(22,23)20-11-9-19(10-12-20)14(3)17(18)21/h5-8,13-14H,4,9-12H2,1-3H3,(H2,18,21)/p+1/t13-,14+/m0/s1. The molecule has 2 rings (SSSR count). The highest BCUT2D eigenvalue weighted by atomic mass is 32.2. The first-order chi connectivity index (χ1) is 11.3. The van der Waals surface area contributed by atoms with Crippen LogP contribution >= 0.6 is 0 Å². The number of carbonyl (C=O) groups excluding carboxylic acids is 1. The quantitative estimate of drug-likeness (QED) is 0.752. The van der Waals surface area contributed by atoms with Gasteiger partial charge in [0, 0.05) is 0 Å². The van der Waals surface area contributed by atoms with E-state index in [4.69, 9.17) is 5.73 Å². The molecule has 1 heterocycles. The summed E-state index contributed by atoms with van der Waals surface area (Å²) >= 11 is 0. The van der Waals surface area contributed by atoms with Crippen molar-refractivity contribution in [3.8, 4) is 0 Å². The topological polar surface area (TPSA) is 84.9 Å². The molecule has 2 atom stereocenters. The zero-order chi connectivity index (χ0) is 17.9. The molecule has 1 saturated heterocycles. The molecule has 0 unspecified atom stereocenters. The number of benzene rings is 1. The molecule has 3 N–H and O–H groups in total. The molecule has 0 spiro atoms. The van der Waals surface area contributed by atoms with Gasteiger partial charge in [0.15, 0.2) is 6.04 Å². The smallest absolute Gasteiger partial charge is 0.275 e. The number of rotatable bonds is 6. The van der Waals surface area contributed by atoms with Gasteiger partial charge in [-0.25, -0.2) is 8.42 Å². The van der Waals surface area contributed by atoms with E-state index < -0.39 is 10.0 Å². The number of hydrogen-bond donors (Lipinski definition) is 2. The molecule has 24 heavy (non-hydrogen) atoms. The molecule has 0 aliphatic carbocycles. The van der Waals surface area contributed by atoms with E-state index in [1.54, 1.807) is 19.1 Å². The van der Waals surface area contributed by atoms with Crippen LogP contribution < -0.4 is 10.6 Å². The summed E-state index contributed by atoms with van der Waals surface area (Å²) in [6.45, 7) is 8.03. The summed E-state index contributed by atoms with van der Waals surface area (Å²) in [6, 6.07) is 6.91. The highest BCUT2D eigenvalue weighted by molar-refractivity contribution is 7.89. The summed E-state index contributed by atoms with van der Waals surface area (Å²) < 4.78 is 27.0. The van der Waals surface area contributed by atoms with Crippen LogP contribution in [0.2, 0.25) is 0 Å². The van der Waals surface area contributed by atoms with E-state index in [1.807, 2.05) is 12.1 Å². The van der Waals surface area contributed by atoms with Gasteiger partial charge >= 0.3 is 0 Å². The average molecular weight is 354 g/mol. The van der Waals surface area contributed by atoms with Crippen molar-refractivity contribution < 1.29 is 18.1 Å². The van der Waals surface area contributed by atoms with Crippen LogP contribution in [0.5, 0.6) is 0 Å². The second-order valence-electron chi connectivity index (χ2n) is 6.56. The van der Waals surface area contributed by atoms with Crippen LogP contribution in [-0.4, -0.2) is 50.9 Å². The number of nitrogens with zero attached hydrogens (tertiary/aromatic N) is 1. The number of nitrogens with one attached hydrogen (secondary N) is 1. The number of hydrogen-bond acceptors (Lipinski definition) is 3. The molecule has 0 radical (unpaired) electrons. The first-order valence-electron chi connectivity index (χ1n) is 8.51. The van der Waals surface area contributed by atoms with Gasteiger partial charge in [-0.2, -0.15) is 4.31 Å². The van der Waals surface area contributed by atoms with Crippen molar-refractivity contribution in [3.05, 3.63) is 29.8 Å². The molecule has 1 aromatic rings. The number of amides is 1. The normalized spacial score (nSPS) is 19.8. The van der Waals surface area contributed by atoms with Crippen molar-refractivity contribution in [2.45, 2.75) is 44.0 Å². The molecule has 1 fully saturated rings. The van der Waals surface area contributed by atoms with Crippen molar-refractivity contribution in [2.75, 3.05) is 26.2 Å². The highest BCUT2D eigenvalue weighted by Crippen LogP contribution is 2.22. The zero-order valence-corrected chi connectivity index (χ0v) is 15.5. The van der Waals surface area contributed by atoms with E-state index in [0.717, 1.165) is 16.9 Å². The van der Waals surface area contributed by atoms with Crippen LogP contribution in [0.15, 0.2) is 29.2 Å². The minimum atomic E-state index is -3.48. The van der Waals surface area contributed by atoms with Crippen LogP contribution in [0, 0.1) is 0 Å². The fourth-order valence-electron chi connectivity index (χ4n) is 3.00. The molecular formula is C17H28N3O3S+. The summed E-state index contributed by atoms with van der Waals surface area (Å²) in [7, 11) is -3.48. The second kappa shape index (κ2) is 7.63. The van der Waals surface area contributed by atoms with Crippen molar-refractivity contribution in [2.24, 2.45) is 5.73 Å². The van der Waals surface area contributed by atoms with Crippen LogP contribution in [0.25, 0.3) is 0 Å². The predicted octanol–water partition coefficient (Wildman–Crippen LogP) is -0.0369. The maximum absolute atomic E-state index is 12.8. The predicted molar refractivity (Wildman–Crippen MR) is 93.3 cm³/mol. The Hall–Kier alpha value is -1.44. The molecule has 0 saturated carbocycles. The van der Waals surface area contributed by atoms with E-state index in [9.17, 15) is 13.2 Å². The molecule has 1 aliphatic rings. The van der Waals surface area contributed by atoms with Crippen molar-refractivity contribution in [1.82, 2.24) is 4.31 Å². The van der Waals surface area contributed by atoms with Gasteiger partial charge in [-0.05, 0) is 37.0 Å². The van der Waals surface area contributed by atoms with Gasteiger partial charge in [-0.15, -0.1) is 0 Å². The first kappa shape index (κ1) is 18.9.